The Balaban J connectivity index is 1.89. The number of hydrogen-bond acceptors (Lipinski definition) is 2. The average molecular weight is 233 g/mol. The number of nitrogens with zero attached hydrogens (tertiary/aromatic N) is 1. The van der Waals surface area contributed by atoms with E-state index in [1.165, 1.54) is 32.1 Å². The molecule has 0 aliphatic heterocycles. The van der Waals surface area contributed by atoms with E-state index in [0.29, 0.717) is 23.2 Å². The molecule has 0 saturated heterocycles. The largest absolute Gasteiger partial charge is 0.393 e. The third-order valence-electron chi connectivity index (χ3n) is 6.25. The van der Waals surface area contributed by atoms with Crippen molar-refractivity contribution >= 4 is 0 Å². The van der Waals surface area contributed by atoms with E-state index in [1.54, 1.807) is 0 Å². The zero-order chi connectivity index (χ0) is 12.0. The molecule has 0 unspecified atom stereocenters. The van der Waals surface area contributed by atoms with Crippen molar-refractivity contribution in [3.05, 3.63) is 0 Å². The number of rotatable bonds is 1. The zero-order valence-corrected chi connectivity index (χ0v) is 10.7. The monoisotopic (exact) mass is 233 g/mol. The lowest BCUT2D eigenvalue weighted by molar-refractivity contribution is -0.0214. The molecule has 0 aromatic carbocycles. The standard InChI is InChI=1S/C15H23NO/c1-10-11(6-8-16)9-15-7-2-3-14(17)13(15)5-4-12(10)15/h10-14,17H,2-7,9H2,1H3/t10-,11+,12-,13+,14+,15+/m1/s1. The van der Waals surface area contributed by atoms with E-state index >= 15 is 0 Å². The molecule has 3 aliphatic carbocycles. The highest BCUT2D eigenvalue weighted by Gasteiger charge is 2.60. The maximum atomic E-state index is 10.3. The Labute approximate surface area is 104 Å². The molecule has 3 aliphatic rings. The Morgan fingerprint density at radius 3 is 2.82 bits per heavy atom. The second kappa shape index (κ2) is 3.99. The van der Waals surface area contributed by atoms with Gasteiger partial charge in [0.25, 0.3) is 0 Å². The number of aliphatic hydroxyl groups is 1. The van der Waals surface area contributed by atoms with E-state index in [0.717, 1.165) is 18.8 Å². The van der Waals surface area contributed by atoms with Crippen molar-refractivity contribution in [1.82, 2.24) is 0 Å². The predicted molar refractivity (Wildman–Crippen MR) is 66.0 cm³/mol. The van der Waals surface area contributed by atoms with E-state index in [1.807, 2.05) is 0 Å². The minimum absolute atomic E-state index is 0.0539. The van der Waals surface area contributed by atoms with Gasteiger partial charge in [0.05, 0.1) is 12.2 Å². The highest BCUT2D eigenvalue weighted by atomic mass is 16.3. The van der Waals surface area contributed by atoms with Crippen molar-refractivity contribution in [3.8, 4) is 6.07 Å². The zero-order valence-electron chi connectivity index (χ0n) is 10.7. The van der Waals surface area contributed by atoms with Gasteiger partial charge in [-0.15, -0.1) is 0 Å². The van der Waals surface area contributed by atoms with Gasteiger partial charge in [-0.3, -0.25) is 0 Å². The third-order valence-corrected chi connectivity index (χ3v) is 6.25. The lowest BCUT2D eigenvalue weighted by Crippen LogP contribution is -2.40. The summed E-state index contributed by atoms with van der Waals surface area (Å²) in [6.07, 6.45) is 7.93. The van der Waals surface area contributed by atoms with Crippen LogP contribution < -0.4 is 0 Å². The quantitative estimate of drug-likeness (QED) is 0.756. The molecule has 3 rings (SSSR count). The van der Waals surface area contributed by atoms with Gasteiger partial charge in [0.2, 0.25) is 0 Å². The molecule has 1 spiro atoms. The van der Waals surface area contributed by atoms with Crippen molar-refractivity contribution in [2.24, 2.45) is 29.1 Å². The molecule has 2 nitrogen and oxygen atoms in total. The first kappa shape index (κ1) is 11.5. The van der Waals surface area contributed by atoms with E-state index in [-0.39, 0.29) is 6.10 Å². The molecule has 0 aromatic heterocycles. The Morgan fingerprint density at radius 1 is 1.29 bits per heavy atom. The molecular formula is C15H23NO. The third kappa shape index (κ3) is 1.48. The van der Waals surface area contributed by atoms with Gasteiger partial charge in [0, 0.05) is 6.42 Å². The van der Waals surface area contributed by atoms with Crippen LogP contribution in [0.3, 0.4) is 0 Å². The van der Waals surface area contributed by atoms with Gasteiger partial charge >= 0.3 is 0 Å². The molecule has 0 heterocycles. The Morgan fingerprint density at radius 2 is 2.06 bits per heavy atom. The molecule has 94 valence electrons. The number of hydrogen-bond donors (Lipinski definition) is 1. The Hall–Kier alpha value is -0.550. The van der Waals surface area contributed by atoms with Crippen LogP contribution in [0.4, 0.5) is 0 Å². The summed E-state index contributed by atoms with van der Waals surface area (Å²) in [7, 11) is 0. The van der Waals surface area contributed by atoms with Gasteiger partial charge in [-0.2, -0.15) is 5.26 Å². The molecule has 0 bridgehead atoms. The van der Waals surface area contributed by atoms with Crippen molar-refractivity contribution in [2.45, 2.75) is 58.0 Å². The lowest BCUT2D eigenvalue weighted by atomic mass is 9.63. The van der Waals surface area contributed by atoms with Crippen LogP contribution in [0.2, 0.25) is 0 Å². The minimum Gasteiger partial charge on any atom is -0.393 e. The summed E-state index contributed by atoms with van der Waals surface area (Å²) in [5.74, 6) is 2.64. The fourth-order valence-electron chi connectivity index (χ4n) is 5.57. The molecule has 6 atom stereocenters. The molecule has 17 heavy (non-hydrogen) atoms. The summed E-state index contributed by atoms with van der Waals surface area (Å²) < 4.78 is 0. The van der Waals surface area contributed by atoms with E-state index < -0.39 is 0 Å². The predicted octanol–water partition coefficient (Wildman–Crippen LogP) is 3.11. The van der Waals surface area contributed by atoms with Gasteiger partial charge in [0.15, 0.2) is 0 Å². The summed E-state index contributed by atoms with van der Waals surface area (Å²) in [6.45, 7) is 2.35. The van der Waals surface area contributed by atoms with Crippen LogP contribution in [-0.2, 0) is 0 Å². The van der Waals surface area contributed by atoms with E-state index in [2.05, 4.69) is 13.0 Å². The Bertz CT molecular complexity index is 347. The maximum absolute atomic E-state index is 10.3. The van der Waals surface area contributed by atoms with Gasteiger partial charge in [-0.25, -0.2) is 0 Å². The van der Waals surface area contributed by atoms with Crippen LogP contribution in [0, 0.1) is 40.4 Å². The minimum atomic E-state index is -0.0539. The second-order valence-corrected chi connectivity index (χ2v) is 6.67. The van der Waals surface area contributed by atoms with Crippen molar-refractivity contribution in [3.63, 3.8) is 0 Å². The first-order valence-electron chi connectivity index (χ1n) is 7.24. The van der Waals surface area contributed by atoms with E-state index in [4.69, 9.17) is 5.26 Å². The second-order valence-electron chi connectivity index (χ2n) is 6.67. The summed E-state index contributed by atoms with van der Waals surface area (Å²) in [4.78, 5) is 0. The number of aliphatic hydroxyl groups excluding tert-OH is 1. The van der Waals surface area contributed by atoms with Crippen LogP contribution in [-0.4, -0.2) is 11.2 Å². The molecular weight excluding hydrogens is 210 g/mol. The van der Waals surface area contributed by atoms with Gasteiger partial charge in [-0.05, 0) is 61.2 Å². The first-order valence-corrected chi connectivity index (χ1v) is 7.24. The summed E-state index contributed by atoms with van der Waals surface area (Å²) in [5, 5.41) is 19.2. The SMILES string of the molecule is C[C@@H]1[C@@H](CC#N)C[C@]23CCC[C@H](O)[C@@H]2CC[C@H]13. The molecule has 0 radical (unpaired) electrons. The van der Waals surface area contributed by atoms with Crippen LogP contribution in [0.1, 0.15) is 51.9 Å². The molecule has 1 N–H and O–H groups in total. The lowest BCUT2D eigenvalue weighted by Gasteiger charge is -2.43. The van der Waals surface area contributed by atoms with Gasteiger partial charge in [-0.1, -0.05) is 13.3 Å². The van der Waals surface area contributed by atoms with Crippen molar-refractivity contribution in [1.29, 1.82) is 5.26 Å². The number of nitriles is 1. The van der Waals surface area contributed by atoms with Crippen LogP contribution in [0.15, 0.2) is 0 Å². The van der Waals surface area contributed by atoms with Crippen LogP contribution in [0.5, 0.6) is 0 Å². The highest BCUT2D eigenvalue weighted by Crippen LogP contribution is 2.66. The summed E-state index contributed by atoms with van der Waals surface area (Å²) >= 11 is 0. The van der Waals surface area contributed by atoms with Gasteiger partial charge in [0.1, 0.15) is 0 Å². The molecule has 3 fully saturated rings. The smallest absolute Gasteiger partial charge is 0.0624 e. The molecule has 3 saturated carbocycles. The Kier molecular flexibility index (Phi) is 2.70. The summed E-state index contributed by atoms with van der Waals surface area (Å²) in [6, 6.07) is 2.37. The summed E-state index contributed by atoms with van der Waals surface area (Å²) in [5.41, 5.74) is 0.415. The molecule has 2 heteroatoms. The fraction of sp³-hybridized carbons (Fsp3) is 0.933. The highest BCUT2D eigenvalue weighted by molar-refractivity contribution is 5.10. The van der Waals surface area contributed by atoms with E-state index in [9.17, 15) is 5.11 Å². The van der Waals surface area contributed by atoms with Crippen molar-refractivity contribution < 1.29 is 5.11 Å². The first-order chi connectivity index (χ1) is 8.19. The van der Waals surface area contributed by atoms with Crippen molar-refractivity contribution in [2.75, 3.05) is 0 Å². The maximum Gasteiger partial charge on any atom is 0.0624 e. The normalized spacial score (nSPS) is 52.9. The molecule has 0 amide bonds. The fourth-order valence-corrected chi connectivity index (χ4v) is 5.57. The average Bonchev–Trinajstić information content (AvgIpc) is 2.78. The van der Waals surface area contributed by atoms with Gasteiger partial charge < -0.3 is 5.11 Å². The van der Waals surface area contributed by atoms with Crippen LogP contribution >= 0.6 is 0 Å². The topological polar surface area (TPSA) is 44.0 Å². The van der Waals surface area contributed by atoms with Crippen LogP contribution in [0.25, 0.3) is 0 Å². The molecule has 0 aromatic rings.